The Bertz CT molecular complexity index is 807. The third-order valence-electron chi connectivity index (χ3n) is 4.94. The van der Waals surface area contributed by atoms with Crippen molar-refractivity contribution in [3.05, 3.63) is 54.4 Å². The van der Waals surface area contributed by atoms with E-state index in [2.05, 4.69) is 33.2 Å². The molecule has 1 aromatic carbocycles. The number of aliphatic hydroxyl groups is 1. The number of piperidine rings is 1. The number of aliphatic hydroxyl groups excluding tert-OH is 1. The minimum atomic E-state index is -0.259. The van der Waals surface area contributed by atoms with Crippen LogP contribution in [0.5, 0.6) is 5.75 Å². The van der Waals surface area contributed by atoms with Crippen molar-refractivity contribution < 1.29 is 14.6 Å². The number of carbonyl (C=O) groups excluding carboxylic acids is 1. The number of benzene rings is 1. The highest BCUT2D eigenvalue weighted by atomic mass is 16.5. The van der Waals surface area contributed by atoms with Gasteiger partial charge in [0.05, 0.1) is 12.2 Å². The molecule has 2 heterocycles. The number of likely N-dealkylation sites (tertiary alicyclic amines) is 1. The predicted octanol–water partition coefficient (Wildman–Crippen LogP) is 1.79. The molecule has 0 aliphatic carbocycles. The summed E-state index contributed by atoms with van der Waals surface area (Å²) < 4.78 is 7.58. The highest BCUT2D eigenvalue weighted by Crippen LogP contribution is 2.25. The lowest BCUT2D eigenvalue weighted by molar-refractivity contribution is 0.0946. The molecule has 1 saturated heterocycles. The van der Waals surface area contributed by atoms with Gasteiger partial charge in [-0.05, 0) is 31.9 Å². The molecule has 8 nitrogen and oxygen atoms in total. The van der Waals surface area contributed by atoms with Crippen LogP contribution in [0, 0.1) is 0 Å². The average Bonchev–Trinajstić information content (AvgIpc) is 3.24. The predicted molar refractivity (Wildman–Crippen MR) is 110 cm³/mol. The summed E-state index contributed by atoms with van der Waals surface area (Å²) in [5.74, 6) is 0.628. The number of hydrogen-bond donors (Lipinski definition) is 2. The van der Waals surface area contributed by atoms with Gasteiger partial charge < -0.3 is 15.2 Å². The van der Waals surface area contributed by atoms with Crippen LogP contribution in [0.4, 0.5) is 0 Å². The number of nitrogens with one attached hydrogen (secondary N) is 1. The van der Waals surface area contributed by atoms with Crippen LogP contribution in [-0.4, -0.2) is 63.8 Å². The fraction of sp³-hybridized carbons (Fsp3) is 0.476. The molecule has 1 aliphatic rings. The van der Waals surface area contributed by atoms with Gasteiger partial charge in [-0.1, -0.05) is 36.1 Å². The summed E-state index contributed by atoms with van der Waals surface area (Å²) in [4.78, 5) is 14.5. The SMILES string of the molecule is C=CCOc1ccccc1CN1CCC[C@H](n2cc(C(=O)NCCCO)nn2)C1. The molecule has 1 fully saturated rings. The van der Waals surface area contributed by atoms with Crippen molar-refractivity contribution in [1.29, 1.82) is 0 Å². The van der Waals surface area contributed by atoms with Crippen molar-refractivity contribution in [3.63, 3.8) is 0 Å². The summed E-state index contributed by atoms with van der Waals surface area (Å²) in [6, 6.07) is 8.25. The molecule has 1 amide bonds. The maximum Gasteiger partial charge on any atom is 0.273 e. The number of hydrogen-bond acceptors (Lipinski definition) is 6. The Balaban J connectivity index is 1.60. The van der Waals surface area contributed by atoms with E-state index in [9.17, 15) is 4.79 Å². The summed E-state index contributed by atoms with van der Waals surface area (Å²) in [7, 11) is 0. The molecule has 3 rings (SSSR count). The summed E-state index contributed by atoms with van der Waals surface area (Å²) in [5.41, 5.74) is 1.46. The van der Waals surface area contributed by atoms with Gasteiger partial charge in [0.15, 0.2) is 5.69 Å². The molecule has 0 unspecified atom stereocenters. The number of carbonyl (C=O) groups is 1. The zero-order chi connectivity index (χ0) is 20.5. The van der Waals surface area contributed by atoms with Gasteiger partial charge in [-0.25, -0.2) is 4.68 Å². The first-order valence-corrected chi connectivity index (χ1v) is 10.1. The molecule has 0 radical (unpaired) electrons. The van der Waals surface area contributed by atoms with Crippen molar-refractivity contribution in [1.82, 2.24) is 25.2 Å². The normalized spacial score (nSPS) is 17.1. The molecule has 29 heavy (non-hydrogen) atoms. The van der Waals surface area contributed by atoms with Gasteiger partial charge >= 0.3 is 0 Å². The van der Waals surface area contributed by atoms with Crippen LogP contribution in [0.1, 0.15) is 41.4 Å². The van der Waals surface area contributed by atoms with E-state index >= 15 is 0 Å². The molecule has 2 N–H and O–H groups in total. The Morgan fingerprint density at radius 1 is 1.41 bits per heavy atom. The number of rotatable bonds is 10. The molecule has 2 aromatic rings. The van der Waals surface area contributed by atoms with E-state index in [1.807, 2.05) is 18.2 Å². The first-order valence-electron chi connectivity index (χ1n) is 10.1. The summed E-state index contributed by atoms with van der Waals surface area (Å²) >= 11 is 0. The summed E-state index contributed by atoms with van der Waals surface area (Å²) in [6.07, 6.45) is 6.03. The number of amides is 1. The van der Waals surface area contributed by atoms with Crippen molar-refractivity contribution in [3.8, 4) is 5.75 Å². The zero-order valence-electron chi connectivity index (χ0n) is 16.7. The largest absolute Gasteiger partial charge is 0.489 e. The molecule has 1 aliphatic heterocycles. The molecule has 0 spiro atoms. The first kappa shape index (κ1) is 21.0. The smallest absolute Gasteiger partial charge is 0.273 e. The second-order valence-electron chi connectivity index (χ2n) is 7.16. The van der Waals surface area contributed by atoms with Crippen LogP contribution in [0.25, 0.3) is 0 Å². The van der Waals surface area contributed by atoms with Crippen LogP contribution < -0.4 is 10.1 Å². The molecule has 156 valence electrons. The third-order valence-corrected chi connectivity index (χ3v) is 4.94. The van der Waals surface area contributed by atoms with Crippen LogP contribution >= 0.6 is 0 Å². The van der Waals surface area contributed by atoms with Crippen molar-refractivity contribution in [2.45, 2.75) is 31.8 Å². The maximum absolute atomic E-state index is 12.1. The second kappa shape index (κ2) is 10.7. The van der Waals surface area contributed by atoms with E-state index in [4.69, 9.17) is 9.84 Å². The van der Waals surface area contributed by atoms with Gasteiger partial charge in [0, 0.05) is 31.8 Å². The minimum Gasteiger partial charge on any atom is -0.489 e. The van der Waals surface area contributed by atoms with Gasteiger partial charge in [-0.3, -0.25) is 9.69 Å². The van der Waals surface area contributed by atoms with Gasteiger partial charge in [0.25, 0.3) is 5.91 Å². The van der Waals surface area contributed by atoms with Crippen LogP contribution in [0.3, 0.4) is 0 Å². The second-order valence-corrected chi connectivity index (χ2v) is 7.16. The van der Waals surface area contributed by atoms with E-state index in [1.165, 1.54) is 0 Å². The van der Waals surface area contributed by atoms with Crippen LogP contribution in [0.2, 0.25) is 0 Å². The number of nitrogens with zero attached hydrogens (tertiary/aromatic N) is 4. The quantitative estimate of drug-likeness (QED) is 0.467. The zero-order valence-corrected chi connectivity index (χ0v) is 16.7. The first-order chi connectivity index (χ1) is 14.2. The van der Waals surface area contributed by atoms with Crippen molar-refractivity contribution in [2.24, 2.45) is 0 Å². The van der Waals surface area contributed by atoms with Gasteiger partial charge in [-0.15, -0.1) is 5.10 Å². The standard InChI is InChI=1S/C21H29N5O3/c1-2-13-29-20-9-4-3-7-17(20)14-25-11-5-8-18(15-25)26-16-19(23-24-26)21(28)22-10-6-12-27/h2-4,7,9,16,18,27H,1,5-6,8,10-15H2,(H,22,28)/t18-/m0/s1. The fourth-order valence-corrected chi connectivity index (χ4v) is 3.49. The molecule has 1 atom stereocenters. The van der Waals surface area contributed by atoms with E-state index in [-0.39, 0.29) is 18.6 Å². The molecule has 8 heteroatoms. The number of para-hydroxylation sites is 1. The van der Waals surface area contributed by atoms with Crippen LogP contribution in [-0.2, 0) is 6.54 Å². The monoisotopic (exact) mass is 399 g/mol. The topological polar surface area (TPSA) is 92.5 Å². The molecular formula is C21H29N5O3. The Labute approximate surface area is 171 Å². The number of ether oxygens (including phenoxy) is 1. The summed E-state index contributed by atoms with van der Waals surface area (Å²) in [6.45, 7) is 7.31. The Kier molecular flexibility index (Phi) is 7.77. The maximum atomic E-state index is 12.1. The Hall–Kier alpha value is -2.71. The molecule has 1 aromatic heterocycles. The number of aromatic nitrogens is 3. The Morgan fingerprint density at radius 3 is 3.10 bits per heavy atom. The van der Waals surface area contributed by atoms with Gasteiger partial charge in [0.1, 0.15) is 12.4 Å². The molecule has 0 saturated carbocycles. The van der Waals surface area contributed by atoms with E-state index < -0.39 is 0 Å². The Morgan fingerprint density at radius 2 is 2.28 bits per heavy atom. The molecule has 0 bridgehead atoms. The highest BCUT2D eigenvalue weighted by Gasteiger charge is 2.24. The van der Waals surface area contributed by atoms with E-state index in [0.29, 0.717) is 25.3 Å². The fourth-order valence-electron chi connectivity index (χ4n) is 3.49. The third kappa shape index (κ3) is 5.88. The van der Waals surface area contributed by atoms with E-state index in [1.54, 1.807) is 17.0 Å². The van der Waals surface area contributed by atoms with Crippen molar-refractivity contribution in [2.75, 3.05) is 32.8 Å². The van der Waals surface area contributed by atoms with E-state index in [0.717, 1.165) is 43.8 Å². The summed E-state index contributed by atoms with van der Waals surface area (Å²) in [5, 5.41) is 19.7. The highest BCUT2D eigenvalue weighted by molar-refractivity contribution is 5.91. The average molecular weight is 399 g/mol. The molecular weight excluding hydrogens is 370 g/mol. The lowest BCUT2D eigenvalue weighted by Crippen LogP contribution is -2.36. The minimum absolute atomic E-state index is 0.0483. The van der Waals surface area contributed by atoms with Gasteiger partial charge in [0.2, 0.25) is 0 Å². The van der Waals surface area contributed by atoms with Crippen molar-refractivity contribution >= 4 is 5.91 Å². The van der Waals surface area contributed by atoms with Crippen LogP contribution in [0.15, 0.2) is 43.1 Å². The lowest BCUT2D eigenvalue weighted by Gasteiger charge is -2.32. The van der Waals surface area contributed by atoms with Gasteiger partial charge in [-0.2, -0.15) is 0 Å². The lowest BCUT2D eigenvalue weighted by atomic mass is 10.0.